The van der Waals surface area contributed by atoms with E-state index in [9.17, 15) is 14.0 Å². The number of aromatic nitrogens is 4. The maximum absolute atomic E-state index is 13.7. The number of unbranched alkanes of at least 4 members (excludes halogenated alkanes) is 2. The number of hydrogen-bond acceptors (Lipinski definition) is 5. The number of nitrogens with one attached hydrogen (secondary N) is 2. The van der Waals surface area contributed by atoms with Gasteiger partial charge in [-0.2, -0.15) is 5.10 Å². The average Bonchev–Trinajstić information content (AvgIpc) is 3.27. The molecule has 2 unspecified atom stereocenters. The first kappa shape index (κ1) is 29.2. The van der Waals surface area contributed by atoms with Crippen LogP contribution in [0.2, 0.25) is 0 Å². The number of carbonyl (C=O) groups excluding carboxylic acids is 2. The van der Waals surface area contributed by atoms with Gasteiger partial charge in [0.1, 0.15) is 17.4 Å². The number of hydrogen-bond donors (Lipinski definition) is 2. The van der Waals surface area contributed by atoms with E-state index in [1.807, 2.05) is 20.2 Å². The second-order valence-electron chi connectivity index (χ2n) is 11.9. The largest absolute Gasteiger partial charge is 0.347 e. The third-order valence-electron chi connectivity index (χ3n) is 9.14. The molecule has 1 saturated heterocycles. The molecule has 8 nitrogen and oxygen atoms in total. The van der Waals surface area contributed by atoms with Gasteiger partial charge in [0.2, 0.25) is 5.91 Å². The molecule has 1 amide bonds. The van der Waals surface area contributed by atoms with Crippen LogP contribution >= 0.6 is 0 Å². The molecule has 5 rings (SSSR count). The first-order chi connectivity index (χ1) is 19.8. The molecule has 9 heteroatoms. The fourth-order valence-corrected chi connectivity index (χ4v) is 6.32. The Morgan fingerprint density at radius 1 is 1.12 bits per heavy atom. The fraction of sp³-hybridized carbons (Fsp3) is 0.562. The predicted octanol–water partition coefficient (Wildman–Crippen LogP) is 5.83. The van der Waals surface area contributed by atoms with Gasteiger partial charge < -0.3 is 15.2 Å². The number of H-pyrrole nitrogens is 1. The lowest BCUT2D eigenvalue weighted by molar-refractivity contribution is -0.124. The molecule has 2 aliphatic rings. The van der Waals surface area contributed by atoms with Gasteiger partial charge in [-0.25, -0.2) is 9.37 Å². The highest BCUT2D eigenvalue weighted by Crippen LogP contribution is 2.59. The van der Waals surface area contributed by atoms with Crippen LogP contribution in [0.25, 0.3) is 22.6 Å². The van der Waals surface area contributed by atoms with Crippen molar-refractivity contribution in [2.75, 3.05) is 19.6 Å². The Morgan fingerprint density at radius 3 is 2.54 bits per heavy atom. The zero-order valence-corrected chi connectivity index (χ0v) is 24.6. The number of carbonyl (C=O) groups is 2. The lowest BCUT2D eigenvalue weighted by atomic mass is 9.90. The van der Waals surface area contributed by atoms with E-state index in [-0.39, 0.29) is 29.1 Å². The molecular weight excluding hydrogens is 519 g/mol. The smallest absolute Gasteiger partial charge is 0.224 e. The van der Waals surface area contributed by atoms with Gasteiger partial charge in [-0.1, -0.05) is 26.7 Å². The van der Waals surface area contributed by atoms with Gasteiger partial charge in [-0.15, -0.1) is 0 Å². The van der Waals surface area contributed by atoms with Crippen molar-refractivity contribution in [1.82, 2.24) is 30.0 Å². The maximum Gasteiger partial charge on any atom is 0.224 e. The molecular formula is C32H43FN6O2. The van der Waals surface area contributed by atoms with Gasteiger partial charge in [-0.3, -0.25) is 14.3 Å². The molecule has 1 saturated carbocycles. The van der Waals surface area contributed by atoms with E-state index in [0.717, 1.165) is 87.1 Å². The molecule has 2 atom stereocenters. The highest BCUT2D eigenvalue weighted by Gasteiger charge is 2.58. The van der Waals surface area contributed by atoms with Crippen molar-refractivity contribution in [2.45, 2.75) is 77.7 Å². The Kier molecular flexibility index (Phi) is 9.02. The summed E-state index contributed by atoms with van der Waals surface area (Å²) >= 11 is 0. The third-order valence-corrected chi connectivity index (χ3v) is 9.14. The molecule has 2 N–H and O–H groups in total. The van der Waals surface area contributed by atoms with Gasteiger partial charge in [0.05, 0.1) is 23.6 Å². The Balaban J connectivity index is 1.39. The molecule has 2 aromatic heterocycles. The van der Waals surface area contributed by atoms with Crippen molar-refractivity contribution in [3.05, 3.63) is 48.2 Å². The third kappa shape index (κ3) is 6.77. The Bertz CT molecular complexity index is 1340. The summed E-state index contributed by atoms with van der Waals surface area (Å²) in [6, 6.07) is 6.00. The lowest BCUT2D eigenvalue weighted by Gasteiger charge is -2.32. The number of amides is 1. The number of aromatic amines is 1. The Hall–Kier alpha value is -3.33. The van der Waals surface area contributed by atoms with Gasteiger partial charge >= 0.3 is 0 Å². The summed E-state index contributed by atoms with van der Waals surface area (Å²) in [5.41, 5.74) is 3.35. The Morgan fingerprint density at radius 2 is 1.88 bits per heavy atom. The van der Waals surface area contributed by atoms with Gasteiger partial charge in [-0.05, 0) is 81.4 Å². The van der Waals surface area contributed by atoms with E-state index in [2.05, 4.69) is 27.2 Å². The molecule has 0 bridgehead atoms. The van der Waals surface area contributed by atoms with Gasteiger partial charge in [0.25, 0.3) is 0 Å². The molecule has 3 heterocycles. The SMILES string of the molecule is CCC(=O)CCCCCC(NC(=O)C1CC12CCN(CC)CC2)c1[nH]c(-c2ccc(F)cc2)nc1-c1cnn(C)c1. The van der Waals surface area contributed by atoms with E-state index in [0.29, 0.717) is 24.4 Å². The van der Waals surface area contributed by atoms with E-state index >= 15 is 0 Å². The topological polar surface area (TPSA) is 95.9 Å². The summed E-state index contributed by atoms with van der Waals surface area (Å²) in [4.78, 5) is 36.4. The van der Waals surface area contributed by atoms with Crippen molar-refractivity contribution in [3.63, 3.8) is 0 Å². The zero-order chi connectivity index (χ0) is 29.0. The minimum atomic E-state index is -0.303. The second-order valence-corrected chi connectivity index (χ2v) is 11.9. The molecule has 1 aromatic carbocycles. The van der Waals surface area contributed by atoms with Crippen molar-refractivity contribution in [3.8, 4) is 22.6 Å². The predicted molar refractivity (Wildman–Crippen MR) is 157 cm³/mol. The second kappa shape index (κ2) is 12.7. The maximum atomic E-state index is 13.7. The van der Waals surface area contributed by atoms with Crippen LogP contribution in [-0.2, 0) is 16.6 Å². The van der Waals surface area contributed by atoms with Crippen molar-refractivity contribution in [2.24, 2.45) is 18.4 Å². The van der Waals surface area contributed by atoms with Gasteiger partial charge in [0.15, 0.2) is 0 Å². The summed E-state index contributed by atoms with van der Waals surface area (Å²) in [7, 11) is 1.87. The summed E-state index contributed by atoms with van der Waals surface area (Å²) in [5.74, 6) is 0.785. The van der Waals surface area contributed by atoms with Crippen molar-refractivity contribution >= 4 is 11.7 Å². The standard InChI is InChI=1S/C32H43FN6O2/c1-4-25(40)9-7-6-8-10-27(35-31(41)26-19-32(26)15-17-39(5-2)18-16-32)29-28(23-20-34-38(3)21-23)36-30(37-29)22-11-13-24(33)14-12-22/h11-14,20-21,26-27H,4-10,15-19H2,1-3H3,(H,35,41)(H,36,37). The van der Waals surface area contributed by atoms with E-state index in [1.165, 1.54) is 12.1 Å². The van der Waals surface area contributed by atoms with Crippen LogP contribution in [0.4, 0.5) is 4.39 Å². The van der Waals surface area contributed by atoms with E-state index < -0.39 is 0 Å². The van der Waals surface area contributed by atoms with Crippen LogP contribution in [0.5, 0.6) is 0 Å². The quantitative estimate of drug-likeness (QED) is 0.256. The van der Waals surface area contributed by atoms with Crippen LogP contribution in [0.15, 0.2) is 36.7 Å². The average molecular weight is 563 g/mol. The highest BCUT2D eigenvalue weighted by atomic mass is 19.1. The zero-order valence-electron chi connectivity index (χ0n) is 24.6. The number of likely N-dealkylation sites (tertiary alicyclic amines) is 1. The van der Waals surface area contributed by atoms with E-state index in [4.69, 9.17) is 4.98 Å². The monoisotopic (exact) mass is 562 g/mol. The minimum absolute atomic E-state index is 0.0486. The van der Waals surface area contributed by atoms with Crippen LogP contribution in [-0.4, -0.2) is 56.0 Å². The molecule has 0 radical (unpaired) electrons. The summed E-state index contributed by atoms with van der Waals surface area (Å²) in [6.45, 7) is 7.29. The summed E-state index contributed by atoms with van der Waals surface area (Å²) < 4.78 is 15.4. The number of Topliss-reactive ketones (excluding diaryl/α,β-unsaturated/α-hetero) is 1. The molecule has 1 spiro atoms. The summed E-state index contributed by atoms with van der Waals surface area (Å²) in [5, 5.41) is 7.77. The number of halogens is 1. The number of imidazole rings is 1. The molecule has 1 aliphatic carbocycles. The number of benzene rings is 1. The van der Waals surface area contributed by atoms with Crippen LogP contribution in [0, 0.1) is 17.2 Å². The number of aryl methyl sites for hydroxylation is 1. The van der Waals surface area contributed by atoms with Crippen LogP contribution in [0.1, 0.15) is 83.4 Å². The van der Waals surface area contributed by atoms with Gasteiger partial charge in [0, 0.05) is 43.1 Å². The fourth-order valence-electron chi connectivity index (χ4n) is 6.32. The normalized spacial score (nSPS) is 18.9. The first-order valence-electron chi connectivity index (χ1n) is 15.2. The first-order valence-corrected chi connectivity index (χ1v) is 15.2. The number of nitrogens with zero attached hydrogens (tertiary/aromatic N) is 4. The molecule has 41 heavy (non-hydrogen) atoms. The van der Waals surface area contributed by atoms with Crippen LogP contribution < -0.4 is 5.32 Å². The molecule has 220 valence electrons. The van der Waals surface area contributed by atoms with Crippen LogP contribution in [0.3, 0.4) is 0 Å². The van der Waals surface area contributed by atoms with Crippen molar-refractivity contribution in [1.29, 1.82) is 0 Å². The molecule has 1 aliphatic heterocycles. The molecule has 2 fully saturated rings. The highest BCUT2D eigenvalue weighted by molar-refractivity contribution is 5.83. The molecule has 3 aromatic rings. The number of ketones is 1. The minimum Gasteiger partial charge on any atom is -0.347 e. The number of rotatable bonds is 13. The Labute approximate surface area is 242 Å². The van der Waals surface area contributed by atoms with Crippen molar-refractivity contribution < 1.29 is 14.0 Å². The van der Waals surface area contributed by atoms with E-state index in [1.54, 1.807) is 23.0 Å². The number of piperidine rings is 1. The summed E-state index contributed by atoms with van der Waals surface area (Å²) in [6.07, 6.45) is 11.4. The lowest BCUT2D eigenvalue weighted by Crippen LogP contribution is -2.37.